The summed E-state index contributed by atoms with van der Waals surface area (Å²) in [5.41, 5.74) is 6.71. The fraction of sp³-hybridized carbons (Fsp3) is 0.222. The molecule has 2 heterocycles. The Bertz CT molecular complexity index is 916. The number of oxazole rings is 1. The molecule has 0 spiro atoms. The molecule has 0 saturated heterocycles. The smallest absolute Gasteiger partial charge is 0.241 e. The van der Waals surface area contributed by atoms with E-state index in [1.54, 1.807) is 13.2 Å². The molecule has 3 rings (SSSR count). The van der Waals surface area contributed by atoms with Crippen molar-refractivity contribution in [2.45, 2.75) is 18.5 Å². The maximum absolute atomic E-state index is 13.2. The number of nitrogens with zero attached hydrogens (tertiary/aromatic N) is 1. The van der Waals surface area contributed by atoms with Gasteiger partial charge in [0.05, 0.1) is 22.1 Å². The van der Waals surface area contributed by atoms with Gasteiger partial charge in [-0.25, -0.2) is 9.37 Å². The second kappa shape index (κ2) is 8.62. The van der Waals surface area contributed by atoms with Crippen LogP contribution in [0.25, 0.3) is 10.6 Å². The van der Waals surface area contributed by atoms with E-state index in [-0.39, 0.29) is 17.0 Å². The predicted molar refractivity (Wildman–Crippen MR) is 104 cm³/mol. The lowest BCUT2D eigenvalue weighted by Gasteiger charge is -2.19. The summed E-state index contributed by atoms with van der Waals surface area (Å²) < 4.78 is 18.5. The molecule has 0 fully saturated rings. The molecule has 0 unspecified atom stereocenters. The van der Waals surface area contributed by atoms with Crippen molar-refractivity contribution >= 4 is 34.5 Å². The lowest BCUT2D eigenvalue weighted by molar-refractivity contribution is -0.118. The zero-order valence-electron chi connectivity index (χ0n) is 14.4. The van der Waals surface area contributed by atoms with Crippen LogP contribution in [-0.2, 0) is 4.79 Å². The summed E-state index contributed by atoms with van der Waals surface area (Å²) in [6, 6.07) is 6.98. The predicted octanol–water partition coefficient (Wildman–Crippen LogP) is 3.81. The number of nitrogens with one attached hydrogen (secondary N) is 2. The Morgan fingerprint density at radius 3 is 2.89 bits per heavy atom. The quantitative estimate of drug-likeness (QED) is 0.552. The number of thiophene rings is 1. The molecule has 9 heteroatoms. The summed E-state index contributed by atoms with van der Waals surface area (Å²) in [6.45, 7) is 0. The van der Waals surface area contributed by atoms with Gasteiger partial charge in [0.1, 0.15) is 5.82 Å². The van der Waals surface area contributed by atoms with Crippen LogP contribution in [-0.4, -0.2) is 24.0 Å². The van der Waals surface area contributed by atoms with Crippen molar-refractivity contribution in [3.05, 3.63) is 58.6 Å². The highest BCUT2D eigenvalue weighted by molar-refractivity contribution is 7.15. The van der Waals surface area contributed by atoms with Gasteiger partial charge in [0.2, 0.25) is 5.91 Å². The van der Waals surface area contributed by atoms with Crippen molar-refractivity contribution in [2.75, 3.05) is 12.4 Å². The van der Waals surface area contributed by atoms with Crippen molar-refractivity contribution in [1.29, 1.82) is 0 Å². The van der Waals surface area contributed by atoms with Gasteiger partial charge in [-0.3, -0.25) is 4.79 Å². The van der Waals surface area contributed by atoms with Gasteiger partial charge in [-0.05, 0) is 43.8 Å². The molecule has 0 saturated carbocycles. The Labute approximate surface area is 164 Å². The van der Waals surface area contributed by atoms with E-state index >= 15 is 0 Å². The molecule has 0 aliphatic rings. The number of halogens is 2. The minimum Gasteiger partial charge on any atom is -0.443 e. The lowest BCUT2D eigenvalue weighted by atomic mass is 10.1. The number of nitrogens with two attached hydrogens (primary N) is 1. The van der Waals surface area contributed by atoms with Crippen LogP contribution in [0.1, 0.15) is 17.3 Å². The van der Waals surface area contributed by atoms with Gasteiger partial charge in [0.15, 0.2) is 12.2 Å². The van der Waals surface area contributed by atoms with Crippen LogP contribution in [0.5, 0.6) is 0 Å². The molecule has 4 N–H and O–H groups in total. The fourth-order valence-electron chi connectivity index (χ4n) is 2.55. The van der Waals surface area contributed by atoms with Gasteiger partial charge in [0.25, 0.3) is 0 Å². The summed E-state index contributed by atoms with van der Waals surface area (Å²) in [5.74, 6) is -0.140. The summed E-state index contributed by atoms with van der Waals surface area (Å²) in [4.78, 5) is 18.3. The maximum Gasteiger partial charge on any atom is 0.241 e. The lowest BCUT2D eigenvalue weighted by Crippen LogP contribution is -2.40. The minimum atomic E-state index is -0.540. The van der Waals surface area contributed by atoms with Crippen LogP contribution in [0.3, 0.4) is 0 Å². The van der Waals surface area contributed by atoms with Crippen LogP contribution in [0.15, 0.2) is 47.3 Å². The van der Waals surface area contributed by atoms with Crippen molar-refractivity contribution < 1.29 is 13.6 Å². The van der Waals surface area contributed by atoms with Gasteiger partial charge < -0.3 is 20.8 Å². The number of rotatable bonds is 7. The van der Waals surface area contributed by atoms with Crippen LogP contribution in [0.2, 0.25) is 5.02 Å². The third kappa shape index (κ3) is 4.72. The van der Waals surface area contributed by atoms with E-state index in [1.165, 1.54) is 35.9 Å². The molecular weight excluding hydrogens is 391 g/mol. The van der Waals surface area contributed by atoms with E-state index in [2.05, 4.69) is 15.6 Å². The number of hydrogen-bond acceptors (Lipinski definition) is 6. The highest BCUT2D eigenvalue weighted by Gasteiger charge is 2.22. The van der Waals surface area contributed by atoms with Gasteiger partial charge in [-0.15, -0.1) is 11.3 Å². The van der Waals surface area contributed by atoms with E-state index in [0.717, 1.165) is 9.75 Å². The Balaban J connectivity index is 1.65. The molecule has 0 aliphatic carbocycles. The standard InChI is InChI=1S/C18H18ClFN4O2S/c1-22-14(18(25)24-10-2-3-12(20)11(19)6-10)7-13(21)16-4-5-17(27-16)15-8-23-9-26-15/h2-6,8-9,13-14,22H,7,21H2,1H3,(H,24,25)/t13-,14+/m0/s1. The first kappa shape index (κ1) is 19.5. The van der Waals surface area contributed by atoms with Gasteiger partial charge in [-0.1, -0.05) is 11.6 Å². The SMILES string of the molecule is CN[C@H](C[C@H](N)c1ccc(-c2cnco2)s1)C(=O)Nc1ccc(F)c(Cl)c1. The van der Waals surface area contributed by atoms with Crippen LogP contribution < -0.4 is 16.4 Å². The van der Waals surface area contributed by atoms with Crippen LogP contribution in [0.4, 0.5) is 10.1 Å². The third-order valence-corrected chi connectivity index (χ3v) is 5.53. The highest BCUT2D eigenvalue weighted by Crippen LogP contribution is 2.32. The number of hydrogen-bond donors (Lipinski definition) is 3. The van der Waals surface area contributed by atoms with E-state index in [0.29, 0.717) is 17.9 Å². The van der Waals surface area contributed by atoms with Crippen molar-refractivity contribution in [3.8, 4) is 10.6 Å². The number of carbonyl (C=O) groups excluding carboxylic acids is 1. The number of benzene rings is 1. The largest absolute Gasteiger partial charge is 0.443 e. The molecular formula is C18H18ClFN4O2S. The van der Waals surface area contributed by atoms with Gasteiger partial charge >= 0.3 is 0 Å². The van der Waals surface area contributed by atoms with Crippen molar-refractivity contribution in [1.82, 2.24) is 10.3 Å². The summed E-state index contributed by atoms with van der Waals surface area (Å²) >= 11 is 7.24. The minimum absolute atomic E-state index is 0.0518. The van der Waals surface area contributed by atoms with E-state index in [4.69, 9.17) is 21.8 Å². The molecule has 2 atom stereocenters. The fourth-order valence-corrected chi connectivity index (χ4v) is 3.71. The molecule has 6 nitrogen and oxygen atoms in total. The second-order valence-corrected chi connectivity index (χ2v) is 7.39. The Hall–Kier alpha value is -2.26. The number of carbonyl (C=O) groups is 1. The van der Waals surface area contributed by atoms with Crippen LogP contribution in [0, 0.1) is 5.82 Å². The Kier molecular flexibility index (Phi) is 6.22. The van der Waals surface area contributed by atoms with Gasteiger partial charge in [0, 0.05) is 16.6 Å². The zero-order chi connectivity index (χ0) is 19.4. The van der Waals surface area contributed by atoms with Crippen LogP contribution >= 0.6 is 22.9 Å². The van der Waals surface area contributed by atoms with Crippen molar-refractivity contribution in [2.24, 2.45) is 5.73 Å². The molecule has 0 radical (unpaired) electrons. The topological polar surface area (TPSA) is 93.2 Å². The molecule has 0 aliphatic heterocycles. The van der Waals surface area contributed by atoms with Gasteiger partial charge in [-0.2, -0.15) is 0 Å². The second-order valence-electron chi connectivity index (χ2n) is 5.87. The number of likely N-dealkylation sites (N-methyl/N-ethyl adjacent to an activating group) is 1. The molecule has 2 aromatic heterocycles. The number of anilines is 1. The molecule has 142 valence electrons. The molecule has 0 bridgehead atoms. The first-order valence-electron chi connectivity index (χ1n) is 8.15. The normalized spacial score (nSPS) is 13.3. The number of amides is 1. The van der Waals surface area contributed by atoms with E-state index in [9.17, 15) is 9.18 Å². The van der Waals surface area contributed by atoms with E-state index < -0.39 is 11.9 Å². The molecule has 1 aromatic carbocycles. The monoisotopic (exact) mass is 408 g/mol. The average Bonchev–Trinajstić information content (AvgIpc) is 3.33. The molecule has 3 aromatic rings. The summed E-state index contributed by atoms with van der Waals surface area (Å²) in [7, 11) is 1.68. The molecule has 1 amide bonds. The Morgan fingerprint density at radius 1 is 1.41 bits per heavy atom. The van der Waals surface area contributed by atoms with E-state index in [1.807, 2.05) is 12.1 Å². The first-order valence-corrected chi connectivity index (χ1v) is 9.34. The third-order valence-electron chi connectivity index (χ3n) is 4.01. The molecule has 27 heavy (non-hydrogen) atoms. The summed E-state index contributed by atoms with van der Waals surface area (Å²) in [6.07, 6.45) is 3.39. The average molecular weight is 409 g/mol. The zero-order valence-corrected chi connectivity index (χ0v) is 16.0. The first-order chi connectivity index (χ1) is 13.0. The highest BCUT2D eigenvalue weighted by atomic mass is 35.5. The maximum atomic E-state index is 13.2. The van der Waals surface area contributed by atoms with Crippen molar-refractivity contribution in [3.63, 3.8) is 0 Å². The number of aromatic nitrogens is 1. The summed E-state index contributed by atoms with van der Waals surface area (Å²) in [5, 5.41) is 5.63. The Morgan fingerprint density at radius 2 is 2.22 bits per heavy atom.